The summed E-state index contributed by atoms with van der Waals surface area (Å²) in [6.07, 6.45) is 0. The third-order valence-electron chi connectivity index (χ3n) is 4.23. The predicted molar refractivity (Wildman–Crippen MR) is 88.1 cm³/mol. The van der Waals surface area contributed by atoms with E-state index in [1.807, 2.05) is 34.5 Å². The standard InChI is InChI=1S/C17H18N2O3S.ClH/c20-17(16-2-1-9-23-16)19-7-5-18(6-8-19)11-13-3-4-14-15(10-13)22-12-21-14;/h1-4,9-10H,5-8,11-12H2;1H/p-1. The van der Waals surface area contributed by atoms with Crippen molar-refractivity contribution in [3.63, 3.8) is 0 Å². The largest absolute Gasteiger partial charge is 1.00 e. The first-order valence-corrected chi connectivity index (χ1v) is 8.61. The lowest BCUT2D eigenvalue weighted by atomic mass is 10.1. The maximum Gasteiger partial charge on any atom is 0.264 e. The molecule has 24 heavy (non-hydrogen) atoms. The number of rotatable bonds is 3. The molecule has 1 aromatic carbocycles. The predicted octanol–water partition coefficient (Wildman–Crippen LogP) is -0.561. The first kappa shape index (κ1) is 17.1. The molecule has 4 rings (SSSR count). The number of thiophene rings is 1. The number of benzene rings is 1. The van der Waals surface area contributed by atoms with E-state index in [1.54, 1.807) is 0 Å². The smallest absolute Gasteiger partial charge is 0.264 e. The number of piperazine rings is 1. The minimum atomic E-state index is 0. The van der Waals surface area contributed by atoms with Crippen molar-refractivity contribution in [1.29, 1.82) is 0 Å². The van der Waals surface area contributed by atoms with Gasteiger partial charge in [0, 0.05) is 32.7 Å². The van der Waals surface area contributed by atoms with Gasteiger partial charge in [-0.2, -0.15) is 0 Å². The summed E-state index contributed by atoms with van der Waals surface area (Å²) >= 11 is 1.51. The van der Waals surface area contributed by atoms with Gasteiger partial charge in [0.15, 0.2) is 11.5 Å². The maximum absolute atomic E-state index is 12.3. The van der Waals surface area contributed by atoms with E-state index in [0.717, 1.165) is 49.1 Å². The number of hydrogen-bond donors (Lipinski definition) is 0. The number of nitrogens with zero attached hydrogens (tertiary/aromatic N) is 2. The second kappa shape index (κ2) is 7.42. The Labute approximate surface area is 151 Å². The van der Waals surface area contributed by atoms with Gasteiger partial charge in [0.1, 0.15) is 0 Å². The molecule has 0 unspecified atom stereocenters. The lowest BCUT2D eigenvalue weighted by Gasteiger charge is -2.34. The van der Waals surface area contributed by atoms with Crippen molar-refractivity contribution in [2.75, 3.05) is 33.0 Å². The van der Waals surface area contributed by atoms with Gasteiger partial charge in [0.25, 0.3) is 5.91 Å². The average Bonchev–Trinajstić information content (AvgIpc) is 3.26. The Bertz CT molecular complexity index is 700. The topological polar surface area (TPSA) is 42.0 Å². The molecule has 1 fully saturated rings. The van der Waals surface area contributed by atoms with Crippen LogP contribution < -0.4 is 21.9 Å². The maximum atomic E-state index is 12.3. The second-order valence-electron chi connectivity index (χ2n) is 5.73. The molecule has 2 aliphatic heterocycles. The molecular formula is C17H18ClN2O3S-. The molecule has 0 atom stereocenters. The number of halogens is 1. The molecule has 0 bridgehead atoms. The van der Waals surface area contributed by atoms with Crippen molar-refractivity contribution in [2.24, 2.45) is 0 Å². The Morgan fingerprint density at radius 1 is 1.08 bits per heavy atom. The van der Waals surface area contributed by atoms with E-state index in [9.17, 15) is 4.79 Å². The molecule has 0 N–H and O–H groups in total. The Morgan fingerprint density at radius 3 is 2.62 bits per heavy atom. The molecule has 2 aliphatic rings. The molecule has 0 spiro atoms. The van der Waals surface area contributed by atoms with Gasteiger partial charge < -0.3 is 26.8 Å². The van der Waals surface area contributed by atoms with Gasteiger partial charge in [-0.3, -0.25) is 9.69 Å². The molecule has 7 heteroatoms. The first-order chi connectivity index (χ1) is 11.3. The van der Waals surface area contributed by atoms with Crippen molar-refractivity contribution in [2.45, 2.75) is 6.54 Å². The summed E-state index contributed by atoms with van der Waals surface area (Å²) in [5, 5.41) is 1.95. The van der Waals surface area contributed by atoms with Gasteiger partial charge in [0.05, 0.1) is 4.88 Å². The summed E-state index contributed by atoms with van der Waals surface area (Å²) in [7, 11) is 0. The first-order valence-electron chi connectivity index (χ1n) is 7.73. The number of carbonyl (C=O) groups excluding carboxylic acids is 1. The van der Waals surface area contributed by atoms with E-state index in [1.165, 1.54) is 16.9 Å². The fourth-order valence-corrected chi connectivity index (χ4v) is 3.65. The van der Waals surface area contributed by atoms with Crippen LogP contribution in [0.5, 0.6) is 11.5 Å². The van der Waals surface area contributed by atoms with E-state index < -0.39 is 0 Å². The highest BCUT2D eigenvalue weighted by Gasteiger charge is 2.23. The van der Waals surface area contributed by atoms with E-state index >= 15 is 0 Å². The van der Waals surface area contributed by atoms with E-state index in [2.05, 4.69) is 11.0 Å². The zero-order chi connectivity index (χ0) is 15.6. The lowest BCUT2D eigenvalue weighted by molar-refractivity contribution is -0.0000171. The van der Waals surface area contributed by atoms with Gasteiger partial charge in [-0.15, -0.1) is 11.3 Å². The van der Waals surface area contributed by atoms with Crippen LogP contribution in [0.4, 0.5) is 0 Å². The Kier molecular flexibility index (Phi) is 5.28. The van der Waals surface area contributed by atoms with Crippen molar-refractivity contribution in [3.05, 3.63) is 46.2 Å². The zero-order valence-corrected chi connectivity index (χ0v) is 14.7. The van der Waals surface area contributed by atoms with Gasteiger partial charge >= 0.3 is 0 Å². The normalized spacial score (nSPS) is 16.8. The molecule has 1 amide bonds. The van der Waals surface area contributed by atoms with Crippen molar-refractivity contribution in [3.8, 4) is 11.5 Å². The van der Waals surface area contributed by atoms with Gasteiger partial charge in [-0.25, -0.2) is 0 Å². The third kappa shape index (κ3) is 3.50. The quantitative estimate of drug-likeness (QED) is 0.731. The number of amides is 1. The third-order valence-corrected chi connectivity index (χ3v) is 5.09. The fraction of sp³-hybridized carbons (Fsp3) is 0.353. The summed E-state index contributed by atoms with van der Waals surface area (Å²) < 4.78 is 10.8. The molecule has 1 aromatic heterocycles. The number of fused-ring (bicyclic) bond motifs is 1. The molecule has 1 saturated heterocycles. The molecule has 0 radical (unpaired) electrons. The van der Waals surface area contributed by atoms with Crippen LogP contribution in [0.2, 0.25) is 0 Å². The minimum Gasteiger partial charge on any atom is -1.00 e. The van der Waals surface area contributed by atoms with Crippen LogP contribution in [-0.2, 0) is 6.54 Å². The fourth-order valence-electron chi connectivity index (χ4n) is 2.96. The summed E-state index contributed by atoms with van der Waals surface area (Å²) in [6, 6.07) is 9.91. The number of carbonyl (C=O) groups is 1. The summed E-state index contributed by atoms with van der Waals surface area (Å²) in [5.74, 6) is 1.80. The molecule has 3 heterocycles. The Hall–Kier alpha value is -1.76. The molecule has 128 valence electrons. The summed E-state index contributed by atoms with van der Waals surface area (Å²) in [6.45, 7) is 4.53. The van der Waals surface area contributed by atoms with Crippen molar-refractivity contribution < 1.29 is 26.7 Å². The van der Waals surface area contributed by atoms with Gasteiger partial charge in [-0.1, -0.05) is 12.1 Å². The number of ether oxygens (including phenoxy) is 2. The highest BCUT2D eigenvalue weighted by molar-refractivity contribution is 7.12. The second-order valence-corrected chi connectivity index (χ2v) is 6.68. The zero-order valence-electron chi connectivity index (χ0n) is 13.1. The van der Waals surface area contributed by atoms with Crippen LogP contribution in [0.25, 0.3) is 0 Å². The van der Waals surface area contributed by atoms with E-state index in [-0.39, 0.29) is 18.3 Å². The van der Waals surface area contributed by atoms with Crippen LogP contribution in [0.3, 0.4) is 0 Å². The van der Waals surface area contributed by atoms with Crippen molar-refractivity contribution >= 4 is 17.2 Å². The van der Waals surface area contributed by atoms with E-state index in [0.29, 0.717) is 6.79 Å². The highest BCUT2D eigenvalue weighted by Crippen LogP contribution is 2.32. The van der Waals surface area contributed by atoms with Gasteiger partial charge in [0.2, 0.25) is 6.79 Å². The summed E-state index contributed by atoms with van der Waals surface area (Å²) in [4.78, 5) is 17.5. The SMILES string of the molecule is O=C(c1cccs1)N1CCN(Cc2ccc3c(c2)OCO3)CC1.[Cl-]. The Morgan fingerprint density at radius 2 is 1.88 bits per heavy atom. The van der Waals surface area contributed by atoms with Crippen LogP contribution in [-0.4, -0.2) is 48.7 Å². The molecular weight excluding hydrogens is 348 g/mol. The molecule has 0 saturated carbocycles. The average molecular weight is 366 g/mol. The van der Waals surface area contributed by atoms with E-state index in [4.69, 9.17) is 9.47 Å². The van der Waals surface area contributed by atoms with Gasteiger partial charge in [-0.05, 0) is 29.1 Å². The van der Waals surface area contributed by atoms with Crippen LogP contribution in [0, 0.1) is 0 Å². The van der Waals surface area contributed by atoms with Crippen molar-refractivity contribution in [1.82, 2.24) is 9.80 Å². The highest BCUT2D eigenvalue weighted by atomic mass is 35.5. The Balaban J connectivity index is 0.00000169. The molecule has 5 nitrogen and oxygen atoms in total. The molecule has 2 aromatic rings. The summed E-state index contributed by atoms with van der Waals surface area (Å²) in [5.41, 5.74) is 1.22. The number of hydrogen-bond acceptors (Lipinski definition) is 5. The van der Waals surface area contributed by atoms with Crippen LogP contribution >= 0.6 is 11.3 Å². The monoisotopic (exact) mass is 365 g/mol. The lowest BCUT2D eigenvalue weighted by Crippen LogP contribution is -3.00. The van der Waals surface area contributed by atoms with Crippen LogP contribution in [0.15, 0.2) is 35.7 Å². The minimum absolute atomic E-state index is 0. The molecule has 0 aliphatic carbocycles. The van der Waals surface area contributed by atoms with Crippen LogP contribution in [0.1, 0.15) is 15.2 Å².